The Morgan fingerprint density at radius 1 is 1.04 bits per heavy atom. The van der Waals surface area contributed by atoms with E-state index < -0.39 is 0 Å². The molecule has 0 N–H and O–H groups in total. The third kappa shape index (κ3) is 3.77. The lowest BCUT2D eigenvalue weighted by Gasteiger charge is -2.33. The van der Waals surface area contributed by atoms with Gasteiger partial charge in [-0.3, -0.25) is 9.63 Å². The van der Waals surface area contributed by atoms with E-state index in [-0.39, 0.29) is 5.91 Å². The molecule has 136 valence electrons. The van der Waals surface area contributed by atoms with E-state index in [9.17, 15) is 4.79 Å². The topological polar surface area (TPSA) is 51.2 Å². The van der Waals surface area contributed by atoms with Gasteiger partial charge in [-0.15, -0.1) is 0 Å². The first-order valence-electron chi connectivity index (χ1n) is 9.60. The van der Waals surface area contributed by atoms with Crippen molar-refractivity contribution in [1.82, 2.24) is 9.96 Å². The van der Waals surface area contributed by atoms with Crippen molar-refractivity contribution in [3.8, 4) is 0 Å². The SMILES string of the molecule is O=C(C[C@@H]1COC[C@H]2CN(CC3CCOCC3)C[C@@H]12)N1CCCO1. The van der Waals surface area contributed by atoms with Crippen LogP contribution in [0.15, 0.2) is 0 Å². The van der Waals surface area contributed by atoms with Gasteiger partial charge in [0.05, 0.1) is 26.4 Å². The standard InChI is InChI=1S/C18H30N2O4/c21-18(20-4-1-5-24-20)8-15-12-23-13-16-10-19(11-17(15)16)9-14-2-6-22-7-3-14/h14-17H,1-13H2/t15-,16-,17+/m1/s1. The molecule has 0 aromatic rings. The summed E-state index contributed by atoms with van der Waals surface area (Å²) in [4.78, 5) is 20.4. The molecule has 4 saturated heterocycles. The van der Waals surface area contributed by atoms with Gasteiger partial charge in [0, 0.05) is 39.3 Å². The monoisotopic (exact) mass is 338 g/mol. The minimum absolute atomic E-state index is 0.143. The fraction of sp³-hybridized carbons (Fsp3) is 0.944. The molecule has 0 aromatic heterocycles. The molecule has 4 aliphatic heterocycles. The number of rotatable bonds is 4. The number of carbonyl (C=O) groups is 1. The predicted octanol–water partition coefficient (Wildman–Crippen LogP) is 1.16. The zero-order valence-electron chi connectivity index (χ0n) is 14.5. The highest BCUT2D eigenvalue weighted by Gasteiger charge is 2.42. The number of likely N-dealkylation sites (tertiary alicyclic amines) is 1. The number of amides is 1. The third-order valence-electron chi connectivity index (χ3n) is 6.16. The number of carbonyl (C=O) groups excluding carboxylic acids is 1. The van der Waals surface area contributed by atoms with Crippen molar-refractivity contribution in [2.75, 3.05) is 59.2 Å². The van der Waals surface area contributed by atoms with Crippen molar-refractivity contribution in [3.63, 3.8) is 0 Å². The number of nitrogens with zero attached hydrogens (tertiary/aromatic N) is 2. The van der Waals surface area contributed by atoms with Crippen molar-refractivity contribution in [2.45, 2.75) is 25.7 Å². The Hall–Kier alpha value is -0.690. The largest absolute Gasteiger partial charge is 0.381 e. The molecular formula is C18H30N2O4. The first kappa shape index (κ1) is 16.8. The van der Waals surface area contributed by atoms with Gasteiger partial charge in [0.15, 0.2) is 0 Å². The summed E-state index contributed by atoms with van der Waals surface area (Å²) in [6, 6.07) is 0. The van der Waals surface area contributed by atoms with Crippen molar-refractivity contribution in [1.29, 1.82) is 0 Å². The molecule has 0 aliphatic carbocycles. The molecule has 0 bridgehead atoms. The molecule has 24 heavy (non-hydrogen) atoms. The second-order valence-corrected chi connectivity index (χ2v) is 7.88. The molecule has 0 unspecified atom stereocenters. The van der Waals surface area contributed by atoms with Gasteiger partial charge in [-0.2, -0.15) is 0 Å². The second-order valence-electron chi connectivity index (χ2n) is 7.88. The maximum Gasteiger partial charge on any atom is 0.246 e. The average Bonchev–Trinajstić information content (AvgIpc) is 3.25. The molecule has 0 radical (unpaired) electrons. The van der Waals surface area contributed by atoms with Crippen LogP contribution in [0.3, 0.4) is 0 Å². The van der Waals surface area contributed by atoms with E-state index in [0.29, 0.717) is 30.8 Å². The lowest BCUT2D eigenvalue weighted by molar-refractivity contribution is -0.171. The van der Waals surface area contributed by atoms with Gasteiger partial charge in [0.2, 0.25) is 5.91 Å². The van der Waals surface area contributed by atoms with Crippen molar-refractivity contribution in [3.05, 3.63) is 0 Å². The Balaban J connectivity index is 1.31. The number of hydroxylamine groups is 2. The second kappa shape index (κ2) is 7.68. The predicted molar refractivity (Wildman–Crippen MR) is 88.2 cm³/mol. The number of hydrogen-bond acceptors (Lipinski definition) is 5. The van der Waals surface area contributed by atoms with E-state index in [0.717, 1.165) is 58.4 Å². The van der Waals surface area contributed by atoms with Crippen LogP contribution in [0.2, 0.25) is 0 Å². The maximum absolute atomic E-state index is 12.4. The molecule has 1 amide bonds. The van der Waals surface area contributed by atoms with Crippen molar-refractivity contribution >= 4 is 5.91 Å². The van der Waals surface area contributed by atoms with Crippen molar-refractivity contribution in [2.24, 2.45) is 23.7 Å². The minimum Gasteiger partial charge on any atom is -0.381 e. The van der Waals surface area contributed by atoms with Crippen LogP contribution in [0.4, 0.5) is 0 Å². The molecule has 3 atom stereocenters. The van der Waals surface area contributed by atoms with Crippen LogP contribution in [0.5, 0.6) is 0 Å². The summed E-state index contributed by atoms with van der Waals surface area (Å²) >= 11 is 0. The molecule has 4 heterocycles. The van der Waals surface area contributed by atoms with Crippen LogP contribution < -0.4 is 0 Å². The smallest absolute Gasteiger partial charge is 0.246 e. The maximum atomic E-state index is 12.4. The quantitative estimate of drug-likeness (QED) is 0.770. The van der Waals surface area contributed by atoms with Gasteiger partial charge < -0.3 is 14.4 Å². The molecule has 6 heteroatoms. The summed E-state index contributed by atoms with van der Waals surface area (Å²) in [6.07, 6.45) is 3.91. The summed E-state index contributed by atoms with van der Waals surface area (Å²) < 4.78 is 11.3. The summed E-state index contributed by atoms with van der Waals surface area (Å²) in [7, 11) is 0. The van der Waals surface area contributed by atoms with E-state index >= 15 is 0 Å². The Morgan fingerprint density at radius 3 is 2.71 bits per heavy atom. The summed E-state index contributed by atoms with van der Waals surface area (Å²) in [5.41, 5.74) is 0. The minimum atomic E-state index is 0.143. The van der Waals surface area contributed by atoms with Crippen LogP contribution in [0.25, 0.3) is 0 Å². The van der Waals surface area contributed by atoms with E-state index in [1.165, 1.54) is 19.4 Å². The van der Waals surface area contributed by atoms with Crippen LogP contribution in [0, 0.1) is 23.7 Å². The zero-order valence-corrected chi connectivity index (χ0v) is 14.5. The Labute approximate surface area is 144 Å². The van der Waals surface area contributed by atoms with Gasteiger partial charge in [-0.05, 0) is 42.9 Å². The van der Waals surface area contributed by atoms with Crippen LogP contribution in [-0.2, 0) is 19.1 Å². The Kier molecular flexibility index (Phi) is 5.37. The lowest BCUT2D eigenvalue weighted by Crippen LogP contribution is -2.38. The Bertz CT molecular complexity index is 435. The van der Waals surface area contributed by atoms with Crippen LogP contribution >= 0.6 is 0 Å². The van der Waals surface area contributed by atoms with Gasteiger partial charge in [-0.1, -0.05) is 0 Å². The Morgan fingerprint density at radius 2 is 1.92 bits per heavy atom. The number of ether oxygens (including phenoxy) is 2. The molecule has 4 fully saturated rings. The third-order valence-corrected chi connectivity index (χ3v) is 6.16. The molecular weight excluding hydrogens is 308 g/mol. The summed E-state index contributed by atoms with van der Waals surface area (Å²) in [6.45, 7) is 8.30. The van der Waals surface area contributed by atoms with Gasteiger partial charge >= 0.3 is 0 Å². The molecule has 6 nitrogen and oxygen atoms in total. The molecule has 0 saturated carbocycles. The zero-order chi connectivity index (χ0) is 16.4. The summed E-state index contributed by atoms with van der Waals surface area (Å²) in [5, 5.41) is 1.57. The average molecular weight is 338 g/mol. The van der Waals surface area contributed by atoms with Crippen LogP contribution in [0.1, 0.15) is 25.7 Å². The van der Waals surface area contributed by atoms with E-state index in [2.05, 4.69) is 4.90 Å². The molecule has 0 spiro atoms. The summed E-state index contributed by atoms with van der Waals surface area (Å²) in [5.74, 6) is 2.46. The lowest BCUT2D eigenvalue weighted by atomic mass is 9.81. The van der Waals surface area contributed by atoms with E-state index in [1.54, 1.807) is 5.06 Å². The fourth-order valence-corrected chi connectivity index (χ4v) is 4.82. The molecule has 0 aromatic carbocycles. The normalized spacial score (nSPS) is 35.3. The first-order chi connectivity index (χ1) is 11.8. The highest BCUT2D eigenvalue weighted by Crippen LogP contribution is 2.37. The number of hydrogen-bond donors (Lipinski definition) is 0. The highest BCUT2D eigenvalue weighted by molar-refractivity contribution is 5.75. The van der Waals surface area contributed by atoms with E-state index in [4.69, 9.17) is 14.3 Å². The highest BCUT2D eigenvalue weighted by atomic mass is 16.7. The molecule has 4 rings (SSSR count). The van der Waals surface area contributed by atoms with Gasteiger partial charge in [0.25, 0.3) is 0 Å². The van der Waals surface area contributed by atoms with Gasteiger partial charge in [0.1, 0.15) is 0 Å². The van der Waals surface area contributed by atoms with Crippen molar-refractivity contribution < 1.29 is 19.1 Å². The molecule has 4 aliphatic rings. The fourth-order valence-electron chi connectivity index (χ4n) is 4.82. The number of fused-ring (bicyclic) bond motifs is 1. The first-order valence-corrected chi connectivity index (χ1v) is 9.60. The van der Waals surface area contributed by atoms with Gasteiger partial charge in [-0.25, -0.2) is 5.06 Å². The van der Waals surface area contributed by atoms with Crippen LogP contribution in [-0.4, -0.2) is 75.1 Å². The van der Waals surface area contributed by atoms with E-state index in [1.807, 2.05) is 0 Å².